The van der Waals surface area contributed by atoms with E-state index in [0.29, 0.717) is 24.3 Å². The standard InChI is InChI=1S/C12H13N3O3S/c1-4-13-5-2-9(1)11-14-15-12(18-11)19-8-3-10-16-6-7-17-10/h1-2,4-5,10H,3,6-8H2. The molecular formula is C12H13N3O3S. The molecular weight excluding hydrogens is 266 g/mol. The van der Waals surface area contributed by atoms with E-state index in [-0.39, 0.29) is 6.29 Å². The van der Waals surface area contributed by atoms with Crippen LogP contribution in [0.1, 0.15) is 6.42 Å². The number of aromatic nitrogens is 3. The Morgan fingerprint density at radius 1 is 1.16 bits per heavy atom. The summed E-state index contributed by atoms with van der Waals surface area (Å²) < 4.78 is 16.3. The van der Waals surface area contributed by atoms with Crippen molar-refractivity contribution in [2.24, 2.45) is 0 Å². The van der Waals surface area contributed by atoms with Crippen LogP contribution in [-0.2, 0) is 9.47 Å². The van der Waals surface area contributed by atoms with Gasteiger partial charge in [0.25, 0.3) is 5.22 Å². The molecule has 2 aromatic heterocycles. The van der Waals surface area contributed by atoms with Crippen molar-refractivity contribution in [2.45, 2.75) is 17.9 Å². The van der Waals surface area contributed by atoms with Crippen LogP contribution < -0.4 is 0 Å². The lowest BCUT2D eigenvalue weighted by atomic mass is 10.3. The Kier molecular flexibility index (Phi) is 4.07. The Labute approximate surface area is 114 Å². The zero-order chi connectivity index (χ0) is 12.9. The third kappa shape index (κ3) is 3.31. The van der Waals surface area contributed by atoms with Crippen LogP contribution in [0.3, 0.4) is 0 Å². The van der Waals surface area contributed by atoms with Gasteiger partial charge in [-0.25, -0.2) is 0 Å². The van der Waals surface area contributed by atoms with Gasteiger partial charge in [0.1, 0.15) is 0 Å². The average Bonchev–Trinajstić information content (AvgIpc) is 3.11. The van der Waals surface area contributed by atoms with Gasteiger partial charge in [-0.05, 0) is 12.1 Å². The van der Waals surface area contributed by atoms with E-state index in [9.17, 15) is 0 Å². The van der Waals surface area contributed by atoms with E-state index in [1.165, 1.54) is 11.8 Å². The molecule has 1 saturated heterocycles. The Balaban J connectivity index is 1.53. The van der Waals surface area contributed by atoms with Gasteiger partial charge in [0, 0.05) is 30.1 Å². The minimum Gasteiger partial charge on any atom is -0.411 e. The molecule has 0 radical (unpaired) electrons. The molecule has 0 saturated carbocycles. The molecule has 0 aromatic carbocycles. The minimum atomic E-state index is -0.0879. The molecule has 3 rings (SSSR count). The van der Waals surface area contributed by atoms with Gasteiger partial charge >= 0.3 is 0 Å². The quantitative estimate of drug-likeness (QED) is 0.775. The molecule has 0 spiro atoms. The number of ether oxygens (including phenoxy) is 2. The lowest BCUT2D eigenvalue weighted by Gasteiger charge is -2.06. The predicted molar refractivity (Wildman–Crippen MR) is 68.6 cm³/mol. The summed E-state index contributed by atoms with van der Waals surface area (Å²) in [6, 6.07) is 3.67. The normalized spacial score (nSPS) is 16.0. The van der Waals surface area contributed by atoms with Crippen LogP contribution in [0.2, 0.25) is 0 Å². The third-order valence-corrected chi connectivity index (χ3v) is 3.46. The highest BCUT2D eigenvalue weighted by molar-refractivity contribution is 7.99. The van der Waals surface area contributed by atoms with E-state index in [1.807, 2.05) is 12.1 Å². The highest BCUT2D eigenvalue weighted by Gasteiger charge is 2.16. The van der Waals surface area contributed by atoms with Crippen molar-refractivity contribution >= 4 is 11.8 Å². The summed E-state index contributed by atoms with van der Waals surface area (Å²) >= 11 is 1.51. The minimum absolute atomic E-state index is 0.0879. The van der Waals surface area contributed by atoms with E-state index >= 15 is 0 Å². The molecule has 7 heteroatoms. The number of thioether (sulfide) groups is 1. The van der Waals surface area contributed by atoms with Crippen molar-refractivity contribution in [3.63, 3.8) is 0 Å². The van der Waals surface area contributed by atoms with Crippen molar-refractivity contribution in [1.82, 2.24) is 15.2 Å². The fourth-order valence-corrected chi connectivity index (χ4v) is 2.42. The molecule has 6 nitrogen and oxygen atoms in total. The Bertz CT molecular complexity index is 514. The van der Waals surface area contributed by atoms with E-state index in [4.69, 9.17) is 13.9 Å². The van der Waals surface area contributed by atoms with Crippen LogP contribution in [0.25, 0.3) is 11.5 Å². The smallest absolute Gasteiger partial charge is 0.276 e. The van der Waals surface area contributed by atoms with Gasteiger partial charge < -0.3 is 13.9 Å². The van der Waals surface area contributed by atoms with Crippen LogP contribution in [0.5, 0.6) is 0 Å². The number of hydrogen-bond donors (Lipinski definition) is 0. The van der Waals surface area contributed by atoms with Crippen molar-refractivity contribution in [2.75, 3.05) is 19.0 Å². The number of nitrogens with zero attached hydrogens (tertiary/aromatic N) is 3. The predicted octanol–water partition coefficient (Wildman–Crippen LogP) is 1.99. The largest absolute Gasteiger partial charge is 0.411 e. The monoisotopic (exact) mass is 279 g/mol. The van der Waals surface area contributed by atoms with Gasteiger partial charge in [0.2, 0.25) is 5.89 Å². The lowest BCUT2D eigenvalue weighted by molar-refractivity contribution is -0.0421. The zero-order valence-electron chi connectivity index (χ0n) is 10.2. The van der Waals surface area contributed by atoms with Crippen molar-refractivity contribution in [3.8, 4) is 11.5 Å². The van der Waals surface area contributed by atoms with Gasteiger partial charge in [-0.3, -0.25) is 4.98 Å². The number of pyridine rings is 1. The summed E-state index contributed by atoms with van der Waals surface area (Å²) in [7, 11) is 0. The van der Waals surface area contributed by atoms with Crippen LogP contribution in [0.4, 0.5) is 0 Å². The first-order chi connectivity index (χ1) is 9.42. The summed E-state index contributed by atoms with van der Waals surface area (Å²) in [6.07, 6.45) is 4.12. The Hall–Kier alpha value is -1.44. The first kappa shape index (κ1) is 12.6. The number of rotatable bonds is 5. The lowest BCUT2D eigenvalue weighted by Crippen LogP contribution is -2.08. The molecule has 100 valence electrons. The molecule has 2 aromatic rings. The second-order valence-electron chi connectivity index (χ2n) is 3.92. The van der Waals surface area contributed by atoms with Gasteiger partial charge in [-0.15, -0.1) is 10.2 Å². The fourth-order valence-electron chi connectivity index (χ4n) is 1.70. The summed E-state index contributed by atoms with van der Waals surface area (Å²) in [6.45, 7) is 1.37. The molecule has 0 aliphatic carbocycles. The molecule has 0 unspecified atom stereocenters. The topological polar surface area (TPSA) is 70.3 Å². The zero-order valence-corrected chi connectivity index (χ0v) is 11.0. The average molecular weight is 279 g/mol. The van der Waals surface area contributed by atoms with E-state index < -0.39 is 0 Å². The van der Waals surface area contributed by atoms with Crippen LogP contribution in [0, 0.1) is 0 Å². The molecule has 3 heterocycles. The summed E-state index contributed by atoms with van der Waals surface area (Å²) in [4.78, 5) is 3.95. The van der Waals surface area contributed by atoms with Crippen molar-refractivity contribution in [3.05, 3.63) is 24.5 Å². The van der Waals surface area contributed by atoms with Crippen LogP contribution in [0.15, 0.2) is 34.2 Å². The van der Waals surface area contributed by atoms with Gasteiger partial charge in [-0.2, -0.15) is 0 Å². The third-order valence-electron chi connectivity index (χ3n) is 2.60. The van der Waals surface area contributed by atoms with Crippen LogP contribution in [-0.4, -0.2) is 40.4 Å². The van der Waals surface area contributed by atoms with E-state index in [2.05, 4.69) is 15.2 Å². The molecule has 0 bridgehead atoms. The first-order valence-electron chi connectivity index (χ1n) is 6.02. The summed E-state index contributed by atoms with van der Waals surface area (Å²) in [5.41, 5.74) is 0.872. The van der Waals surface area contributed by atoms with Gasteiger partial charge in [0.15, 0.2) is 6.29 Å². The summed E-state index contributed by atoms with van der Waals surface area (Å²) in [5, 5.41) is 8.57. The van der Waals surface area contributed by atoms with E-state index in [1.54, 1.807) is 12.4 Å². The molecule has 0 amide bonds. The van der Waals surface area contributed by atoms with Crippen molar-refractivity contribution < 1.29 is 13.9 Å². The molecule has 19 heavy (non-hydrogen) atoms. The molecule has 1 aliphatic rings. The Morgan fingerprint density at radius 2 is 1.95 bits per heavy atom. The molecule has 0 N–H and O–H groups in total. The van der Waals surface area contributed by atoms with Crippen LogP contribution >= 0.6 is 11.8 Å². The van der Waals surface area contributed by atoms with Crippen molar-refractivity contribution in [1.29, 1.82) is 0 Å². The summed E-state index contributed by atoms with van der Waals surface area (Å²) in [5.74, 6) is 1.33. The first-order valence-corrected chi connectivity index (χ1v) is 7.00. The maximum absolute atomic E-state index is 5.57. The highest BCUT2D eigenvalue weighted by atomic mass is 32.2. The van der Waals surface area contributed by atoms with E-state index in [0.717, 1.165) is 17.7 Å². The molecule has 0 atom stereocenters. The maximum atomic E-state index is 5.57. The second-order valence-corrected chi connectivity index (χ2v) is 4.96. The SMILES string of the molecule is c1cc(-c2nnc(SCCC3OCCO3)o2)ccn1. The maximum Gasteiger partial charge on any atom is 0.276 e. The molecule has 1 fully saturated rings. The van der Waals surface area contributed by atoms with Gasteiger partial charge in [-0.1, -0.05) is 11.8 Å². The number of hydrogen-bond acceptors (Lipinski definition) is 7. The molecule has 1 aliphatic heterocycles. The second kappa shape index (κ2) is 6.14. The Morgan fingerprint density at radius 3 is 2.74 bits per heavy atom. The fraction of sp³-hybridized carbons (Fsp3) is 0.417. The highest BCUT2D eigenvalue weighted by Crippen LogP contribution is 2.24. The van der Waals surface area contributed by atoms with Gasteiger partial charge in [0.05, 0.1) is 13.2 Å².